The highest BCUT2D eigenvalue weighted by Crippen LogP contribution is 2.29. The second kappa shape index (κ2) is 37.0. The first-order chi connectivity index (χ1) is 42.0. The molecule has 7 amide bonds. The van der Waals surface area contributed by atoms with Gasteiger partial charge in [0.25, 0.3) is 0 Å². The molecule has 0 radical (unpaired) electrons. The lowest BCUT2D eigenvalue weighted by Crippen LogP contribution is -2.52. The average molecular weight is 1250 g/mol. The van der Waals surface area contributed by atoms with Crippen LogP contribution in [0.25, 0.3) is 10.8 Å². The van der Waals surface area contributed by atoms with E-state index < -0.39 is 113 Å². The third-order valence-electron chi connectivity index (χ3n) is 14.9. The standard InChI is InChI=1S/C66H102N8O15/c1-11-38-85-63(84)69-37-21-18-26-50(71-54(75)41-49(67)59(80)88-65(5,6)7)57(78)70-42-43-28-32-46(33-29-43)56(77)72-53(40-44-30-31-45-22-16-17-23-47(45)39-44)58(79)68-36-20-19-27-51(60(81)86-48-24-14-12-13-15-25-48)73-62(83)74-52(61(82)89-66(8,9)10)34-35-55(76)87-64(2,3)4/h11,16-17,22-23,30-31,39,43,46,48-53H,1,12-15,18-21,24-29,32-38,40-42,67H2,2-10H3,(H,68,79)(H,69,84)(H,70,78)(H,71,75)(H,72,77)(H2,73,74,83). The molecule has 0 aromatic heterocycles. The number of esters is 4. The number of nitrogens with two attached hydrogens (primary N) is 1. The molecule has 2 aromatic rings. The molecule has 0 bridgehead atoms. The summed E-state index contributed by atoms with van der Waals surface area (Å²) in [6, 6.07) is 7.36. The fourth-order valence-corrected chi connectivity index (χ4v) is 10.4. The SMILES string of the molecule is C=CCOC(=O)NCCCCC(NC(=O)CC(N)C(=O)OC(C)(C)C)C(=O)NCC1CCC(C(=O)NC(Cc2ccc3ccccc3c2)C(=O)NCCCCC(NC(=O)NC(CCC(=O)OC(C)(C)C)C(=O)OC(C)(C)C)C(=O)OC2CCCCCC2)CC1. The quantitative estimate of drug-likeness (QED) is 0.0116. The molecule has 496 valence electrons. The Morgan fingerprint density at radius 2 is 1.17 bits per heavy atom. The molecule has 89 heavy (non-hydrogen) atoms. The normalized spacial score (nSPS) is 17.3. The molecule has 2 aliphatic carbocycles. The van der Waals surface area contributed by atoms with Gasteiger partial charge in [-0.25, -0.2) is 19.2 Å². The fourth-order valence-electron chi connectivity index (χ4n) is 10.4. The summed E-state index contributed by atoms with van der Waals surface area (Å²) in [7, 11) is 0. The minimum absolute atomic E-state index is 0.00947. The maximum Gasteiger partial charge on any atom is 0.407 e. The van der Waals surface area contributed by atoms with Crippen molar-refractivity contribution in [2.75, 3.05) is 26.2 Å². The molecule has 2 fully saturated rings. The van der Waals surface area contributed by atoms with E-state index in [2.05, 4.69) is 43.8 Å². The van der Waals surface area contributed by atoms with Crippen LogP contribution in [0.1, 0.15) is 190 Å². The molecule has 0 saturated heterocycles. The molecule has 5 atom stereocenters. The van der Waals surface area contributed by atoms with Crippen LogP contribution in [0.3, 0.4) is 0 Å². The van der Waals surface area contributed by atoms with Crippen molar-refractivity contribution < 1.29 is 71.6 Å². The van der Waals surface area contributed by atoms with E-state index in [0.29, 0.717) is 64.2 Å². The van der Waals surface area contributed by atoms with E-state index in [0.717, 1.165) is 42.0 Å². The number of urea groups is 1. The first kappa shape index (κ1) is 74.2. The van der Waals surface area contributed by atoms with Crippen molar-refractivity contribution in [1.82, 2.24) is 37.2 Å². The number of benzene rings is 2. The molecule has 9 N–H and O–H groups in total. The summed E-state index contributed by atoms with van der Waals surface area (Å²) in [5.41, 5.74) is 4.36. The molecule has 2 saturated carbocycles. The third kappa shape index (κ3) is 30.2. The minimum atomic E-state index is -1.25. The lowest BCUT2D eigenvalue weighted by atomic mass is 9.81. The van der Waals surface area contributed by atoms with E-state index >= 15 is 0 Å². The van der Waals surface area contributed by atoms with Crippen LogP contribution in [0.15, 0.2) is 55.1 Å². The van der Waals surface area contributed by atoms with Crippen molar-refractivity contribution in [2.45, 2.75) is 244 Å². The van der Waals surface area contributed by atoms with Gasteiger partial charge in [-0.15, -0.1) is 0 Å². The Kier molecular flexibility index (Phi) is 30.8. The van der Waals surface area contributed by atoms with Crippen LogP contribution in [-0.4, -0.2) is 139 Å². The summed E-state index contributed by atoms with van der Waals surface area (Å²) in [6.45, 7) is 19.6. The third-order valence-corrected chi connectivity index (χ3v) is 14.9. The molecule has 4 rings (SSSR count). The van der Waals surface area contributed by atoms with Crippen molar-refractivity contribution in [1.29, 1.82) is 0 Å². The van der Waals surface area contributed by atoms with Gasteiger partial charge in [-0.1, -0.05) is 68.0 Å². The van der Waals surface area contributed by atoms with Crippen LogP contribution in [0.5, 0.6) is 0 Å². The van der Waals surface area contributed by atoms with Crippen LogP contribution < -0.4 is 43.0 Å². The largest absolute Gasteiger partial charge is 0.461 e. The fraction of sp³-hybridized carbons (Fsp3) is 0.667. The van der Waals surface area contributed by atoms with Crippen molar-refractivity contribution in [3.8, 4) is 0 Å². The summed E-state index contributed by atoms with van der Waals surface area (Å²) < 4.78 is 27.2. The maximum absolute atomic E-state index is 14.2. The van der Waals surface area contributed by atoms with Gasteiger partial charge in [0.1, 0.15) is 59.7 Å². The van der Waals surface area contributed by atoms with Crippen molar-refractivity contribution in [3.05, 3.63) is 60.7 Å². The van der Waals surface area contributed by atoms with Crippen molar-refractivity contribution >= 4 is 70.4 Å². The van der Waals surface area contributed by atoms with Gasteiger partial charge in [-0.3, -0.25) is 28.8 Å². The van der Waals surface area contributed by atoms with Gasteiger partial charge in [0.2, 0.25) is 23.6 Å². The number of carbonyl (C=O) groups is 10. The van der Waals surface area contributed by atoms with Gasteiger partial charge in [0.05, 0.1) is 6.42 Å². The molecule has 0 spiro atoms. The van der Waals surface area contributed by atoms with Crippen molar-refractivity contribution in [2.24, 2.45) is 17.6 Å². The zero-order chi connectivity index (χ0) is 65.7. The number of nitrogens with one attached hydrogen (secondary N) is 7. The van der Waals surface area contributed by atoms with E-state index in [1.165, 1.54) is 6.08 Å². The molecule has 5 unspecified atom stereocenters. The Morgan fingerprint density at radius 1 is 0.596 bits per heavy atom. The molecule has 23 nitrogen and oxygen atoms in total. The number of hydrogen-bond donors (Lipinski definition) is 8. The van der Waals surface area contributed by atoms with E-state index in [9.17, 15) is 47.9 Å². The highest BCUT2D eigenvalue weighted by Gasteiger charge is 2.34. The number of rotatable bonds is 32. The summed E-state index contributed by atoms with van der Waals surface area (Å²) in [5, 5.41) is 21.7. The number of alkyl carbamates (subject to hydrolysis) is 1. The lowest BCUT2D eigenvalue weighted by molar-refractivity contribution is -0.159. The topological polar surface area (TPSA) is 327 Å². The first-order valence-electron chi connectivity index (χ1n) is 31.8. The number of amides is 7. The monoisotopic (exact) mass is 1250 g/mol. The predicted molar refractivity (Wildman–Crippen MR) is 336 cm³/mol. The number of unbranched alkanes of at least 4 members (excludes halogenated alkanes) is 2. The molecule has 0 heterocycles. The van der Waals surface area contributed by atoms with Gasteiger partial charge in [-0.05, 0) is 181 Å². The summed E-state index contributed by atoms with van der Waals surface area (Å²) >= 11 is 0. The zero-order valence-corrected chi connectivity index (χ0v) is 54.1. The maximum atomic E-state index is 14.2. The number of carbonyl (C=O) groups excluding carboxylic acids is 10. The minimum Gasteiger partial charge on any atom is -0.461 e. The van der Waals surface area contributed by atoms with Gasteiger partial charge in [-0.2, -0.15) is 0 Å². The van der Waals surface area contributed by atoms with Crippen LogP contribution in [0, 0.1) is 11.8 Å². The first-order valence-corrected chi connectivity index (χ1v) is 31.8. The number of ether oxygens (including phenoxy) is 5. The summed E-state index contributed by atoms with van der Waals surface area (Å²) in [4.78, 5) is 133. The highest BCUT2D eigenvalue weighted by molar-refractivity contribution is 5.91. The second-order valence-corrected chi connectivity index (χ2v) is 26.4. The number of fused-ring (bicyclic) bond motifs is 1. The second-order valence-electron chi connectivity index (χ2n) is 26.4. The Morgan fingerprint density at radius 3 is 1.79 bits per heavy atom. The van der Waals surface area contributed by atoms with Gasteiger partial charge in [0, 0.05) is 38.4 Å². The Labute approximate surface area is 525 Å². The summed E-state index contributed by atoms with van der Waals surface area (Å²) in [5.74, 6) is -4.82. The van der Waals surface area contributed by atoms with E-state index in [4.69, 9.17) is 29.4 Å². The summed E-state index contributed by atoms with van der Waals surface area (Å²) in [6.07, 6.45) is 9.48. The van der Waals surface area contributed by atoms with E-state index in [1.54, 1.807) is 62.3 Å². The van der Waals surface area contributed by atoms with Crippen LogP contribution in [0.2, 0.25) is 0 Å². The number of hydrogen-bond acceptors (Lipinski definition) is 16. The Balaban J connectivity index is 1.39. The zero-order valence-electron chi connectivity index (χ0n) is 54.1. The lowest BCUT2D eigenvalue weighted by Gasteiger charge is -2.30. The molecule has 2 aromatic carbocycles. The average Bonchev–Trinajstić information content (AvgIpc) is 3.56. The van der Waals surface area contributed by atoms with Crippen LogP contribution >= 0.6 is 0 Å². The van der Waals surface area contributed by atoms with Gasteiger partial charge < -0.3 is 66.6 Å². The Hall–Kier alpha value is -7.30. The van der Waals surface area contributed by atoms with Gasteiger partial charge in [0.15, 0.2) is 0 Å². The Bertz CT molecular complexity index is 2670. The molecule has 0 aliphatic heterocycles. The van der Waals surface area contributed by atoms with Crippen molar-refractivity contribution in [3.63, 3.8) is 0 Å². The highest BCUT2D eigenvalue weighted by atomic mass is 16.6. The molecular weight excluding hydrogens is 1140 g/mol. The van der Waals surface area contributed by atoms with E-state index in [-0.39, 0.29) is 76.3 Å². The molecule has 2 aliphatic rings. The van der Waals surface area contributed by atoms with Crippen LogP contribution in [0.4, 0.5) is 9.59 Å². The smallest absolute Gasteiger partial charge is 0.407 e. The predicted octanol–water partition coefficient (Wildman–Crippen LogP) is 7.47. The molecular formula is C66H102N8O15. The van der Waals surface area contributed by atoms with Gasteiger partial charge >= 0.3 is 36.0 Å². The molecule has 23 heteroatoms. The van der Waals surface area contributed by atoms with Crippen LogP contribution in [-0.2, 0) is 68.5 Å². The van der Waals surface area contributed by atoms with E-state index in [1.807, 2.05) is 42.5 Å².